The lowest BCUT2D eigenvalue weighted by molar-refractivity contribution is 0.554. The Morgan fingerprint density at radius 1 is 1.09 bits per heavy atom. The lowest BCUT2D eigenvalue weighted by Gasteiger charge is -2.14. The van der Waals surface area contributed by atoms with Gasteiger partial charge < -0.3 is 0 Å². The molecule has 0 aliphatic carbocycles. The van der Waals surface area contributed by atoms with Crippen molar-refractivity contribution in [1.82, 2.24) is 0 Å². The molecule has 0 saturated carbocycles. The maximum absolute atomic E-state index is 3.68. The highest BCUT2D eigenvalue weighted by molar-refractivity contribution is 9.09. The molecule has 0 spiro atoms. The Labute approximate surface area is 87.4 Å². The van der Waals surface area contributed by atoms with E-state index in [0.717, 1.165) is 5.92 Å². The van der Waals surface area contributed by atoms with Gasteiger partial charge in [0, 0.05) is 9.65 Å². The van der Waals surface area contributed by atoms with E-state index in [1.807, 2.05) is 0 Å². The molecule has 0 aromatic rings. The summed E-state index contributed by atoms with van der Waals surface area (Å²) in [6, 6.07) is 0. The van der Waals surface area contributed by atoms with Gasteiger partial charge in [-0.25, -0.2) is 0 Å². The van der Waals surface area contributed by atoms with Gasteiger partial charge in [0.1, 0.15) is 0 Å². The van der Waals surface area contributed by atoms with Gasteiger partial charge in [0.2, 0.25) is 0 Å². The molecule has 0 radical (unpaired) electrons. The molecule has 2 unspecified atom stereocenters. The van der Waals surface area contributed by atoms with E-state index in [4.69, 9.17) is 0 Å². The van der Waals surface area contributed by atoms with Crippen LogP contribution in [0.25, 0.3) is 0 Å². The minimum Gasteiger partial charge on any atom is -0.0891 e. The molecule has 0 rings (SSSR count). The number of hydrogen-bond donors (Lipinski definition) is 0. The van der Waals surface area contributed by atoms with Crippen LogP contribution >= 0.6 is 31.9 Å². The maximum Gasteiger partial charge on any atom is 0.0169 e. The van der Waals surface area contributed by atoms with Gasteiger partial charge in [-0.1, -0.05) is 52.6 Å². The maximum atomic E-state index is 3.68. The molecule has 68 valence electrons. The van der Waals surface area contributed by atoms with Crippen LogP contribution in [-0.4, -0.2) is 9.65 Å². The quantitative estimate of drug-likeness (QED) is 0.659. The van der Waals surface area contributed by atoms with Crippen molar-refractivity contribution in [2.24, 2.45) is 5.92 Å². The van der Waals surface area contributed by atoms with Crippen LogP contribution in [0.1, 0.15) is 40.0 Å². The fourth-order valence-corrected chi connectivity index (χ4v) is 1.41. The van der Waals surface area contributed by atoms with E-state index in [1.165, 1.54) is 19.3 Å². The molecule has 0 aromatic heterocycles. The first-order valence-electron chi connectivity index (χ1n) is 4.36. The molecule has 0 fully saturated rings. The molecular weight excluding hydrogens is 268 g/mol. The van der Waals surface area contributed by atoms with Gasteiger partial charge in [-0.3, -0.25) is 0 Å². The molecule has 0 bridgehead atoms. The molecule has 0 aliphatic heterocycles. The van der Waals surface area contributed by atoms with Gasteiger partial charge in [0.05, 0.1) is 0 Å². The Bertz CT molecular complexity index is 91.6. The predicted octanol–water partition coefficient (Wildman–Crippen LogP) is 4.36. The third-order valence-electron chi connectivity index (χ3n) is 1.92. The van der Waals surface area contributed by atoms with Crippen LogP contribution in [0.2, 0.25) is 0 Å². The van der Waals surface area contributed by atoms with Gasteiger partial charge in [-0.15, -0.1) is 0 Å². The molecule has 0 aromatic carbocycles. The molecule has 0 aliphatic rings. The zero-order valence-electron chi connectivity index (χ0n) is 7.61. The van der Waals surface area contributed by atoms with Gasteiger partial charge in [-0.05, 0) is 25.2 Å². The predicted molar refractivity (Wildman–Crippen MR) is 59.8 cm³/mol. The molecule has 0 amide bonds. The smallest absolute Gasteiger partial charge is 0.0169 e. The summed E-state index contributed by atoms with van der Waals surface area (Å²) in [5.41, 5.74) is 0. The summed E-state index contributed by atoms with van der Waals surface area (Å²) in [5.74, 6) is 0.756. The van der Waals surface area contributed by atoms with Crippen molar-refractivity contribution in [2.75, 3.05) is 0 Å². The normalized spacial score (nSPS) is 16.9. The average molecular weight is 286 g/mol. The van der Waals surface area contributed by atoms with E-state index in [2.05, 4.69) is 52.6 Å². The van der Waals surface area contributed by atoms with Crippen molar-refractivity contribution in [3.8, 4) is 0 Å². The monoisotopic (exact) mass is 284 g/mol. The summed E-state index contributed by atoms with van der Waals surface area (Å²) in [4.78, 5) is 1.40. The Kier molecular flexibility index (Phi) is 7.04. The van der Waals surface area contributed by atoms with Crippen molar-refractivity contribution >= 4 is 31.9 Å². The fourth-order valence-electron chi connectivity index (χ4n) is 0.878. The zero-order valence-corrected chi connectivity index (χ0v) is 10.8. The van der Waals surface area contributed by atoms with Crippen LogP contribution in [0.4, 0.5) is 0 Å². The lowest BCUT2D eigenvalue weighted by atomic mass is 10.0. The second-order valence-corrected chi connectivity index (χ2v) is 5.81. The number of alkyl halides is 2. The zero-order chi connectivity index (χ0) is 8.85. The third-order valence-corrected chi connectivity index (χ3v) is 4.54. The van der Waals surface area contributed by atoms with Gasteiger partial charge in [-0.2, -0.15) is 0 Å². The molecule has 11 heavy (non-hydrogen) atoms. The molecular formula is C9H18Br2. The first kappa shape index (κ1) is 12.0. The Balaban J connectivity index is 3.37. The van der Waals surface area contributed by atoms with Crippen molar-refractivity contribution < 1.29 is 0 Å². The molecule has 2 atom stereocenters. The number of rotatable bonds is 5. The van der Waals surface area contributed by atoms with E-state index in [9.17, 15) is 0 Å². The first-order chi connectivity index (χ1) is 5.07. The largest absolute Gasteiger partial charge is 0.0891 e. The minimum absolute atomic E-state index is 0.689. The van der Waals surface area contributed by atoms with Crippen LogP contribution in [-0.2, 0) is 0 Å². The van der Waals surface area contributed by atoms with Crippen LogP contribution in [0.15, 0.2) is 0 Å². The summed E-state index contributed by atoms with van der Waals surface area (Å²) >= 11 is 7.31. The topological polar surface area (TPSA) is 0 Å². The second-order valence-electron chi connectivity index (χ2n) is 3.34. The highest BCUT2D eigenvalue weighted by Gasteiger charge is 2.10. The van der Waals surface area contributed by atoms with Crippen LogP contribution in [0, 0.1) is 5.92 Å². The van der Waals surface area contributed by atoms with Gasteiger partial charge in [0.25, 0.3) is 0 Å². The third kappa shape index (κ3) is 6.15. The van der Waals surface area contributed by atoms with E-state index < -0.39 is 0 Å². The fraction of sp³-hybridized carbons (Fsp3) is 1.00. The van der Waals surface area contributed by atoms with Crippen molar-refractivity contribution in [1.29, 1.82) is 0 Å². The Morgan fingerprint density at radius 2 is 1.64 bits per heavy atom. The molecule has 0 nitrogen and oxygen atoms in total. The van der Waals surface area contributed by atoms with E-state index >= 15 is 0 Å². The van der Waals surface area contributed by atoms with Crippen LogP contribution in [0.3, 0.4) is 0 Å². The number of halogens is 2. The van der Waals surface area contributed by atoms with Crippen molar-refractivity contribution in [2.45, 2.75) is 49.7 Å². The average Bonchev–Trinajstić information content (AvgIpc) is 1.99. The lowest BCUT2D eigenvalue weighted by Crippen LogP contribution is -2.09. The molecule has 0 N–H and O–H groups in total. The summed E-state index contributed by atoms with van der Waals surface area (Å²) < 4.78 is 0. The van der Waals surface area contributed by atoms with E-state index in [1.54, 1.807) is 0 Å². The van der Waals surface area contributed by atoms with Crippen LogP contribution in [0.5, 0.6) is 0 Å². The van der Waals surface area contributed by atoms with E-state index in [-0.39, 0.29) is 0 Å². The molecule has 2 heteroatoms. The summed E-state index contributed by atoms with van der Waals surface area (Å²) in [6.45, 7) is 6.74. The van der Waals surface area contributed by atoms with Crippen molar-refractivity contribution in [3.05, 3.63) is 0 Å². The highest BCUT2D eigenvalue weighted by Crippen LogP contribution is 2.21. The summed E-state index contributed by atoms with van der Waals surface area (Å²) in [5, 5.41) is 0. The molecule has 0 saturated heterocycles. The van der Waals surface area contributed by atoms with Gasteiger partial charge in [0.15, 0.2) is 0 Å². The van der Waals surface area contributed by atoms with Gasteiger partial charge >= 0.3 is 0 Å². The SMILES string of the molecule is CCC(Br)CCC(Br)C(C)C. The Hall–Kier alpha value is 0.960. The number of hydrogen-bond acceptors (Lipinski definition) is 0. The van der Waals surface area contributed by atoms with Crippen molar-refractivity contribution in [3.63, 3.8) is 0 Å². The second kappa shape index (κ2) is 6.47. The minimum atomic E-state index is 0.689. The first-order valence-corrected chi connectivity index (χ1v) is 6.19. The highest BCUT2D eigenvalue weighted by atomic mass is 79.9. The van der Waals surface area contributed by atoms with E-state index in [0.29, 0.717) is 9.65 Å². The molecule has 0 heterocycles. The Morgan fingerprint density at radius 3 is 2.00 bits per heavy atom. The van der Waals surface area contributed by atoms with Crippen LogP contribution < -0.4 is 0 Å². The standard InChI is InChI=1S/C9H18Br2/c1-4-8(10)5-6-9(11)7(2)3/h7-9H,4-6H2,1-3H3. The summed E-state index contributed by atoms with van der Waals surface area (Å²) in [6.07, 6.45) is 3.80. The summed E-state index contributed by atoms with van der Waals surface area (Å²) in [7, 11) is 0.